The quantitative estimate of drug-likeness (QED) is 0.828. The molecule has 0 radical (unpaired) electrons. The largest absolute Gasteiger partial charge is 0.388 e. The van der Waals surface area contributed by atoms with Gasteiger partial charge in [-0.3, -0.25) is 9.78 Å². The number of carbonyl (C=O) groups is 1. The Kier molecular flexibility index (Phi) is 5.35. The first-order valence-corrected chi connectivity index (χ1v) is 7.33. The molecule has 2 heterocycles. The molecule has 1 aliphatic rings. The van der Waals surface area contributed by atoms with Crippen LogP contribution in [-0.4, -0.2) is 49.0 Å². The Morgan fingerprint density at radius 2 is 2.20 bits per heavy atom. The van der Waals surface area contributed by atoms with Gasteiger partial charge >= 0.3 is 0 Å². The molecule has 1 amide bonds. The highest BCUT2D eigenvalue weighted by atomic mass is 16.1. The number of hydrogen-bond acceptors (Lipinski definition) is 4. The predicted molar refractivity (Wildman–Crippen MR) is 81.0 cm³/mol. The van der Waals surface area contributed by atoms with Gasteiger partial charge in [-0.15, -0.1) is 0 Å². The molecule has 0 aromatic carbocycles. The summed E-state index contributed by atoms with van der Waals surface area (Å²) >= 11 is 0. The summed E-state index contributed by atoms with van der Waals surface area (Å²) in [5.74, 6) is 0.361. The number of nitrogens with zero attached hydrogens (tertiary/aromatic N) is 2. The highest BCUT2D eigenvalue weighted by Crippen LogP contribution is 2.10. The number of hydrogen-bond donors (Lipinski definition) is 2. The van der Waals surface area contributed by atoms with Crippen LogP contribution in [0, 0.1) is 5.92 Å². The van der Waals surface area contributed by atoms with Gasteiger partial charge in [-0.1, -0.05) is 6.92 Å². The molecule has 110 valence electrons. The molecule has 0 bridgehead atoms. The number of rotatable bonds is 6. The van der Waals surface area contributed by atoms with E-state index in [2.05, 4.69) is 27.4 Å². The number of likely N-dealkylation sites (tertiary alicyclic amines) is 1. The van der Waals surface area contributed by atoms with E-state index in [-0.39, 0.29) is 5.91 Å². The molecule has 0 spiro atoms. The lowest BCUT2D eigenvalue weighted by Gasteiger charge is -2.20. The van der Waals surface area contributed by atoms with Crippen LogP contribution in [0.2, 0.25) is 0 Å². The molecule has 0 aliphatic carbocycles. The Labute approximate surface area is 120 Å². The Morgan fingerprint density at radius 1 is 1.45 bits per heavy atom. The summed E-state index contributed by atoms with van der Waals surface area (Å²) in [4.78, 5) is 18.6. The van der Waals surface area contributed by atoms with Gasteiger partial charge in [-0.2, -0.15) is 0 Å². The smallest absolute Gasteiger partial charge is 0.269 e. The van der Waals surface area contributed by atoms with Gasteiger partial charge in [0.05, 0.1) is 0 Å². The second-order valence-electron chi connectivity index (χ2n) is 5.50. The normalized spacial score (nSPS) is 16.9. The first kappa shape index (κ1) is 14.8. The van der Waals surface area contributed by atoms with Crippen molar-refractivity contribution < 1.29 is 4.79 Å². The number of anilines is 1. The van der Waals surface area contributed by atoms with Crippen molar-refractivity contribution in [2.45, 2.75) is 19.8 Å². The summed E-state index contributed by atoms with van der Waals surface area (Å²) in [6.07, 6.45) is 4.26. The van der Waals surface area contributed by atoms with Crippen molar-refractivity contribution in [1.82, 2.24) is 15.2 Å². The molecule has 5 heteroatoms. The Bertz CT molecular complexity index is 443. The molecule has 20 heavy (non-hydrogen) atoms. The van der Waals surface area contributed by atoms with Gasteiger partial charge in [0.1, 0.15) is 5.69 Å². The predicted octanol–water partition coefficient (Wildman–Crippen LogP) is 1.58. The van der Waals surface area contributed by atoms with E-state index in [4.69, 9.17) is 0 Å². The number of amides is 1. The lowest BCUT2D eigenvalue weighted by atomic mass is 10.1. The number of carbonyl (C=O) groups excluding carboxylic acids is 1. The maximum absolute atomic E-state index is 12.0. The van der Waals surface area contributed by atoms with Gasteiger partial charge in [0, 0.05) is 32.0 Å². The summed E-state index contributed by atoms with van der Waals surface area (Å²) in [7, 11) is 1.83. The third-order valence-corrected chi connectivity index (χ3v) is 3.66. The molecule has 1 fully saturated rings. The number of nitrogens with one attached hydrogen (secondary N) is 2. The summed E-state index contributed by atoms with van der Waals surface area (Å²) in [6.45, 7) is 6.33. The maximum atomic E-state index is 12.0. The molecule has 1 unspecified atom stereocenters. The van der Waals surface area contributed by atoms with Crippen LogP contribution in [0.4, 0.5) is 5.69 Å². The zero-order valence-corrected chi connectivity index (χ0v) is 12.4. The van der Waals surface area contributed by atoms with Crippen LogP contribution < -0.4 is 10.6 Å². The molecule has 1 aromatic heterocycles. The van der Waals surface area contributed by atoms with Gasteiger partial charge in [0.15, 0.2) is 0 Å². The van der Waals surface area contributed by atoms with Crippen molar-refractivity contribution in [2.24, 2.45) is 5.92 Å². The van der Waals surface area contributed by atoms with Crippen LogP contribution >= 0.6 is 0 Å². The highest BCUT2D eigenvalue weighted by Gasteiger charge is 2.15. The van der Waals surface area contributed by atoms with Gasteiger partial charge < -0.3 is 15.5 Å². The van der Waals surface area contributed by atoms with Crippen molar-refractivity contribution in [3.05, 3.63) is 24.0 Å². The molecule has 1 aliphatic heterocycles. The van der Waals surface area contributed by atoms with Crippen molar-refractivity contribution in [3.63, 3.8) is 0 Å². The van der Waals surface area contributed by atoms with Crippen LogP contribution in [0.15, 0.2) is 18.3 Å². The lowest BCUT2D eigenvalue weighted by molar-refractivity contribution is 0.0940. The minimum absolute atomic E-state index is 0.102. The van der Waals surface area contributed by atoms with Crippen LogP contribution in [0.3, 0.4) is 0 Å². The molecule has 1 saturated heterocycles. The van der Waals surface area contributed by atoms with E-state index in [0.717, 1.165) is 12.2 Å². The second kappa shape index (κ2) is 7.24. The topological polar surface area (TPSA) is 57.3 Å². The number of pyridine rings is 1. The minimum atomic E-state index is -0.102. The van der Waals surface area contributed by atoms with E-state index >= 15 is 0 Å². The zero-order valence-electron chi connectivity index (χ0n) is 12.4. The van der Waals surface area contributed by atoms with E-state index in [1.54, 1.807) is 12.3 Å². The molecule has 5 nitrogen and oxygen atoms in total. The Balaban J connectivity index is 1.78. The second-order valence-corrected chi connectivity index (χ2v) is 5.50. The Hall–Kier alpha value is -1.62. The lowest BCUT2D eigenvalue weighted by Crippen LogP contribution is -2.34. The Morgan fingerprint density at radius 3 is 2.90 bits per heavy atom. The summed E-state index contributed by atoms with van der Waals surface area (Å²) in [5, 5.41) is 5.98. The monoisotopic (exact) mass is 276 g/mol. The molecule has 2 rings (SSSR count). The zero-order chi connectivity index (χ0) is 14.4. The van der Waals surface area contributed by atoms with Gasteiger partial charge in [-0.05, 0) is 44.0 Å². The fourth-order valence-electron chi connectivity index (χ4n) is 2.54. The summed E-state index contributed by atoms with van der Waals surface area (Å²) < 4.78 is 0. The van der Waals surface area contributed by atoms with E-state index in [0.29, 0.717) is 18.2 Å². The van der Waals surface area contributed by atoms with Crippen LogP contribution in [-0.2, 0) is 0 Å². The van der Waals surface area contributed by atoms with E-state index in [9.17, 15) is 4.79 Å². The average Bonchev–Trinajstić information content (AvgIpc) is 2.97. The number of aromatic nitrogens is 1. The van der Waals surface area contributed by atoms with Gasteiger partial charge in [0.25, 0.3) is 5.91 Å². The molecular formula is C15H24N4O. The molecule has 1 aromatic rings. The molecular weight excluding hydrogens is 252 g/mol. The third-order valence-electron chi connectivity index (χ3n) is 3.66. The fourth-order valence-corrected chi connectivity index (χ4v) is 2.54. The van der Waals surface area contributed by atoms with Crippen molar-refractivity contribution in [2.75, 3.05) is 38.5 Å². The van der Waals surface area contributed by atoms with E-state index in [1.807, 2.05) is 13.1 Å². The van der Waals surface area contributed by atoms with Gasteiger partial charge in [-0.25, -0.2) is 0 Å². The fraction of sp³-hybridized carbons (Fsp3) is 0.600. The average molecular weight is 276 g/mol. The van der Waals surface area contributed by atoms with Crippen molar-refractivity contribution in [3.8, 4) is 0 Å². The molecule has 0 saturated carbocycles. The van der Waals surface area contributed by atoms with Crippen molar-refractivity contribution in [1.29, 1.82) is 0 Å². The van der Waals surface area contributed by atoms with Crippen LogP contribution in [0.25, 0.3) is 0 Å². The van der Waals surface area contributed by atoms with Crippen LogP contribution in [0.1, 0.15) is 30.3 Å². The molecule has 1 atom stereocenters. The van der Waals surface area contributed by atoms with Crippen LogP contribution in [0.5, 0.6) is 0 Å². The first-order chi connectivity index (χ1) is 9.69. The summed E-state index contributed by atoms with van der Waals surface area (Å²) in [6, 6.07) is 3.60. The summed E-state index contributed by atoms with van der Waals surface area (Å²) in [5.41, 5.74) is 1.36. The highest BCUT2D eigenvalue weighted by molar-refractivity contribution is 5.93. The van der Waals surface area contributed by atoms with Gasteiger partial charge in [0.2, 0.25) is 0 Å². The minimum Gasteiger partial charge on any atom is -0.388 e. The van der Waals surface area contributed by atoms with Crippen molar-refractivity contribution >= 4 is 11.6 Å². The third kappa shape index (κ3) is 4.20. The standard InChI is InChI=1S/C15H24N4O/c1-12(11-19-7-3-4-8-19)10-18-15(20)14-9-13(16-2)5-6-17-14/h5-6,9,12H,3-4,7-8,10-11H2,1-2H3,(H,16,17)(H,18,20). The SMILES string of the molecule is CNc1ccnc(C(=O)NCC(C)CN2CCCC2)c1. The van der Waals surface area contributed by atoms with E-state index in [1.165, 1.54) is 25.9 Å². The maximum Gasteiger partial charge on any atom is 0.269 e. The van der Waals surface area contributed by atoms with E-state index < -0.39 is 0 Å². The molecule has 2 N–H and O–H groups in total. The first-order valence-electron chi connectivity index (χ1n) is 7.33.